The van der Waals surface area contributed by atoms with Gasteiger partial charge in [-0.25, -0.2) is 4.39 Å². The molecule has 188 valence electrons. The van der Waals surface area contributed by atoms with Gasteiger partial charge in [0.25, 0.3) is 0 Å². The van der Waals surface area contributed by atoms with Crippen molar-refractivity contribution in [2.24, 2.45) is 5.73 Å². The number of amides is 2. The number of hydrogen-bond donors (Lipinski definition) is 2. The minimum atomic E-state index is -0.480. The molecule has 1 aliphatic carbocycles. The molecule has 0 aromatic heterocycles. The molecule has 34 heavy (non-hydrogen) atoms. The highest BCUT2D eigenvalue weighted by atomic mass is 19.1. The lowest BCUT2D eigenvalue weighted by molar-refractivity contribution is -0.142. The van der Waals surface area contributed by atoms with Crippen molar-refractivity contribution in [3.05, 3.63) is 35.6 Å². The van der Waals surface area contributed by atoms with Crippen molar-refractivity contribution < 1.29 is 18.7 Å². The average molecular weight is 475 g/mol. The van der Waals surface area contributed by atoms with Gasteiger partial charge in [0, 0.05) is 51.3 Å². The molecule has 1 aromatic carbocycles. The van der Waals surface area contributed by atoms with Crippen molar-refractivity contribution in [2.75, 3.05) is 19.7 Å². The van der Waals surface area contributed by atoms with Crippen molar-refractivity contribution in [1.82, 2.24) is 15.1 Å². The van der Waals surface area contributed by atoms with E-state index in [9.17, 15) is 14.0 Å². The van der Waals surface area contributed by atoms with Gasteiger partial charge in [0.05, 0.1) is 6.10 Å². The third kappa shape index (κ3) is 6.55. The molecule has 2 amide bonds. The van der Waals surface area contributed by atoms with E-state index in [0.29, 0.717) is 19.5 Å². The van der Waals surface area contributed by atoms with Gasteiger partial charge >= 0.3 is 0 Å². The zero-order valence-electron chi connectivity index (χ0n) is 20.3. The van der Waals surface area contributed by atoms with E-state index in [1.807, 2.05) is 12.1 Å². The summed E-state index contributed by atoms with van der Waals surface area (Å²) in [6, 6.07) is 6.63. The van der Waals surface area contributed by atoms with Gasteiger partial charge in [0.15, 0.2) is 0 Å². The summed E-state index contributed by atoms with van der Waals surface area (Å²) in [5, 5.41) is 3.21. The summed E-state index contributed by atoms with van der Waals surface area (Å²) >= 11 is 0. The van der Waals surface area contributed by atoms with Crippen LogP contribution in [0.4, 0.5) is 4.39 Å². The molecule has 3 atom stereocenters. The number of nitrogens with two attached hydrogens (primary N) is 1. The topological polar surface area (TPSA) is 87.9 Å². The quantitative estimate of drug-likeness (QED) is 0.634. The lowest BCUT2D eigenvalue weighted by atomic mass is 9.90. The maximum Gasteiger partial charge on any atom is 0.243 e. The van der Waals surface area contributed by atoms with Crippen molar-refractivity contribution in [3.63, 3.8) is 0 Å². The van der Waals surface area contributed by atoms with E-state index in [4.69, 9.17) is 10.5 Å². The summed E-state index contributed by atoms with van der Waals surface area (Å²) < 4.78 is 19.4. The number of piperidine rings is 1. The molecule has 0 bridgehead atoms. The number of nitrogens with zero attached hydrogens (tertiary/aromatic N) is 2. The van der Waals surface area contributed by atoms with Crippen LogP contribution < -0.4 is 11.1 Å². The third-order valence-electron chi connectivity index (χ3n) is 7.68. The maximum absolute atomic E-state index is 13.5. The number of carbonyl (C=O) groups is 2. The summed E-state index contributed by atoms with van der Waals surface area (Å²) in [7, 11) is 0. The fraction of sp³-hybridized carbons (Fsp3) is 0.692. The number of hydrogen-bond acceptors (Lipinski definition) is 5. The van der Waals surface area contributed by atoms with Crippen LogP contribution in [-0.2, 0) is 20.9 Å². The van der Waals surface area contributed by atoms with E-state index < -0.39 is 6.04 Å². The second kappa shape index (κ2) is 11.6. The molecule has 4 rings (SSSR count). The average Bonchev–Trinajstić information content (AvgIpc) is 3.34. The number of likely N-dealkylation sites (tertiary alicyclic amines) is 1. The summed E-state index contributed by atoms with van der Waals surface area (Å²) in [6.45, 7) is 4.33. The molecular formula is C26H39FN4O3. The predicted octanol–water partition coefficient (Wildman–Crippen LogP) is 2.57. The molecule has 1 aromatic rings. The van der Waals surface area contributed by atoms with Crippen LogP contribution in [0.2, 0.25) is 0 Å². The summed E-state index contributed by atoms with van der Waals surface area (Å²) in [6.07, 6.45) is 7.26. The van der Waals surface area contributed by atoms with Gasteiger partial charge in [0.1, 0.15) is 11.9 Å². The minimum absolute atomic E-state index is 0.0563. The van der Waals surface area contributed by atoms with Gasteiger partial charge in [-0.05, 0) is 69.1 Å². The van der Waals surface area contributed by atoms with Crippen LogP contribution in [0, 0.1) is 5.82 Å². The van der Waals surface area contributed by atoms with Crippen LogP contribution in [0.25, 0.3) is 0 Å². The van der Waals surface area contributed by atoms with Gasteiger partial charge < -0.3 is 20.7 Å². The first-order chi connectivity index (χ1) is 16.4. The van der Waals surface area contributed by atoms with Crippen molar-refractivity contribution in [3.8, 4) is 0 Å². The van der Waals surface area contributed by atoms with E-state index in [1.165, 1.54) is 12.1 Å². The number of halogens is 1. The number of ether oxygens (including phenoxy) is 1. The fourth-order valence-corrected chi connectivity index (χ4v) is 5.68. The summed E-state index contributed by atoms with van der Waals surface area (Å²) in [5.41, 5.74) is 7.06. The molecule has 3 fully saturated rings. The van der Waals surface area contributed by atoms with E-state index in [-0.39, 0.29) is 41.9 Å². The maximum atomic E-state index is 13.5. The zero-order chi connectivity index (χ0) is 24.1. The Bertz CT molecular complexity index is 822. The lowest BCUT2D eigenvalue weighted by Gasteiger charge is -2.43. The van der Waals surface area contributed by atoms with Crippen LogP contribution in [-0.4, -0.2) is 71.6 Å². The van der Waals surface area contributed by atoms with Crippen LogP contribution in [0.15, 0.2) is 24.3 Å². The Morgan fingerprint density at radius 1 is 1.15 bits per heavy atom. The standard InChI is InChI=1S/C26H39FN4O3/c1-18(32)31-13-12-23(15-25(31)26(33)29-22-10-8-21(28)9-11-22)30(17-24-3-2-14-34-24)16-19-4-6-20(27)7-5-19/h4-7,21-25H,2-3,8-17,28H2,1H3,(H,29,33)/t21?,22?,23?,24?,25-/m1/s1. The number of rotatable bonds is 7. The van der Waals surface area contributed by atoms with E-state index in [2.05, 4.69) is 10.2 Å². The van der Waals surface area contributed by atoms with Crippen LogP contribution in [0.3, 0.4) is 0 Å². The Morgan fingerprint density at radius 2 is 1.88 bits per heavy atom. The van der Waals surface area contributed by atoms with Gasteiger partial charge in [-0.2, -0.15) is 0 Å². The molecular weight excluding hydrogens is 435 g/mol. The highest BCUT2D eigenvalue weighted by Gasteiger charge is 2.38. The Labute approximate surface area is 202 Å². The molecule has 2 saturated heterocycles. The smallest absolute Gasteiger partial charge is 0.243 e. The van der Waals surface area contributed by atoms with Crippen molar-refractivity contribution in [1.29, 1.82) is 0 Å². The molecule has 3 N–H and O–H groups in total. The molecule has 2 aliphatic heterocycles. The summed E-state index contributed by atoms with van der Waals surface area (Å²) in [4.78, 5) is 29.8. The van der Waals surface area contributed by atoms with Crippen molar-refractivity contribution in [2.45, 2.75) is 95.1 Å². The Morgan fingerprint density at radius 3 is 2.53 bits per heavy atom. The minimum Gasteiger partial charge on any atom is -0.377 e. The number of nitrogens with one attached hydrogen (secondary N) is 1. The van der Waals surface area contributed by atoms with Gasteiger partial charge in [-0.15, -0.1) is 0 Å². The normalized spacial score (nSPS) is 29.9. The Kier molecular flexibility index (Phi) is 8.55. The monoisotopic (exact) mass is 474 g/mol. The lowest BCUT2D eigenvalue weighted by Crippen LogP contribution is -2.58. The molecule has 0 spiro atoms. The van der Waals surface area contributed by atoms with Crippen LogP contribution in [0.5, 0.6) is 0 Å². The SMILES string of the molecule is CC(=O)N1CCC(N(Cc2ccc(F)cc2)CC2CCCO2)C[C@@H]1C(=O)NC1CCC(N)CC1. The van der Waals surface area contributed by atoms with Gasteiger partial charge in [0.2, 0.25) is 11.8 Å². The summed E-state index contributed by atoms with van der Waals surface area (Å²) in [5.74, 6) is -0.364. The second-order valence-electron chi connectivity index (χ2n) is 10.2. The molecule has 0 radical (unpaired) electrons. The second-order valence-corrected chi connectivity index (χ2v) is 10.2. The first-order valence-electron chi connectivity index (χ1n) is 12.8. The number of benzene rings is 1. The van der Waals surface area contributed by atoms with E-state index in [1.54, 1.807) is 11.8 Å². The Hall–Kier alpha value is -2.03. The molecule has 8 heteroatoms. The largest absolute Gasteiger partial charge is 0.377 e. The fourth-order valence-electron chi connectivity index (χ4n) is 5.68. The predicted molar refractivity (Wildman–Crippen MR) is 128 cm³/mol. The Balaban J connectivity index is 1.47. The third-order valence-corrected chi connectivity index (χ3v) is 7.68. The molecule has 7 nitrogen and oxygen atoms in total. The van der Waals surface area contributed by atoms with Crippen LogP contribution >= 0.6 is 0 Å². The first-order valence-corrected chi connectivity index (χ1v) is 12.8. The van der Waals surface area contributed by atoms with Crippen molar-refractivity contribution >= 4 is 11.8 Å². The number of carbonyl (C=O) groups excluding carboxylic acids is 2. The highest BCUT2D eigenvalue weighted by Crippen LogP contribution is 2.27. The zero-order valence-corrected chi connectivity index (χ0v) is 20.3. The highest BCUT2D eigenvalue weighted by molar-refractivity contribution is 5.87. The van der Waals surface area contributed by atoms with Crippen LogP contribution in [0.1, 0.15) is 63.9 Å². The molecule has 1 saturated carbocycles. The molecule has 2 heterocycles. The van der Waals surface area contributed by atoms with E-state index >= 15 is 0 Å². The van der Waals surface area contributed by atoms with Gasteiger partial charge in [-0.1, -0.05) is 12.1 Å². The molecule has 3 aliphatic rings. The van der Waals surface area contributed by atoms with Gasteiger partial charge in [-0.3, -0.25) is 14.5 Å². The first kappa shape index (κ1) is 25.1. The van der Waals surface area contributed by atoms with E-state index in [0.717, 1.165) is 63.7 Å². The molecule has 2 unspecified atom stereocenters.